The van der Waals surface area contributed by atoms with Crippen LogP contribution in [0.1, 0.15) is 57.3 Å². The Morgan fingerprint density at radius 2 is 1.80 bits per heavy atom. The maximum Gasteiger partial charge on any atom is 0.149 e. The number of nitrogens with zero attached hydrogens (tertiary/aromatic N) is 3. The standard InChI is InChI=1S/C17H25N3/c1-5-6-7-8-15-9-11-16(12-10-15)17-19-13(2)18-14(3)20(17)4/h9-12,17H,5-8H2,1-4H3. The number of unbranched alkanes of at least 4 members (excludes halogenated alkanes) is 2. The highest BCUT2D eigenvalue weighted by Gasteiger charge is 2.20. The maximum atomic E-state index is 4.64. The molecule has 3 heteroatoms. The predicted octanol–water partition coefficient (Wildman–Crippen LogP) is 4.20. The monoisotopic (exact) mass is 271 g/mol. The van der Waals surface area contributed by atoms with Gasteiger partial charge in [-0.1, -0.05) is 44.0 Å². The molecule has 0 aromatic heterocycles. The summed E-state index contributed by atoms with van der Waals surface area (Å²) in [6, 6.07) is 8.89. The van der Waals surface area contributed by atoms with E-state index in [1.165, 1.54) is 36.8 Å². The van der Waals surface area contributed by atoms with Crippen LogP contribution in [0.5, 0.6) is 0 Å². The number of amidine groups is 2. The fourth-order valence-corrected chi connectivity index (χ4v) is 2.52. The number of rotatable bonds is 5. The van der Waals surface area contributed by atoms with E-state index in [0.29, 0.717) is 0 Å². The number of hydrogen-bond acceptors (Lipinski definition) is 3. The van der Waals surface area contributed by atoms with Crippen LogP contribution in [0.2, 0.25) is 0 Å². The molecule has 0 bridgehead atoms. The lowest BCUT2D eigenvalue weighted by molar-refractivity contribution is 0.379. The molecule has 2 rings (SSSR count). The molecule has 1 aliphatic rings. The molecule has 0 spiro atoms. The normalized spacial score (nSPS) is 18.8. The van der Waals surface area contributed by atoms with E-state index in [1.54, 1.807) is 0 Å². The molecule has 0 aliphatic carbocycles. The van der Waals surface area contributed by atoms with Crippen LogP contribution < -0.4 is 0 Å². The first-order valence-electron chi connectivity index (χ1n) is 7.53. The van der Waals surface area contributed by atoms with Crippen LogP contribution in [0.25, 0.3) is 0 Å². The van der Waals surface area contributed by atoms with Crippen molar-refractivity contribution in [2.75, 3.05) is 7.05 Å². The van der Waals surface area contributed by atoms with Crippen molar-refractivity contribution in [2.45, 2.75) is 52.6 Å². The van der Waals surface area contributed by atoms with Gasteiger partial charge in [0.2, 0.25) is 0 Å². The highest BCUT2D eigenvalue weighted by atomic mass is 15.3. The summed E-state index contributed by atoms with van der Waals surface area (Å²) in [5.41, 5.74) is 2.66. The summed E-state index contributed by atoms with van der Waals surface area (Å²) in [5.74, 6) is 1.88. The second-order valence-electron chi connectivity index (χ2n) is 5.52. The summed E-state index contributed by atoms with van der Waals surface area (Å²) in [5, 5.41) is 0. The molecule has 108 valence electrons. The molecule has 0 saturated carbocycles. The lowest BCUT2D eigenvalue weighted by Gasteiger charge is -2.30. The van der Waals surface area contributed by atoms with Crippen molar-refractivity contribution in [1.82, 2.24) is 4.90 Å². The smallest absolute Gasteiger partial charge is 0.149 e. The summed E-state index contributed by atoms with van der Waals surface area (Å²) in [6.07, 6.45) is 5.11. The first-order chi connectivity index (χ1) is 9.61. The fourth-order valence-electron chi connectivity index (χ4n) is 2.52. The number of aryl methyl sites for hydroxylation is 1. The molecular weight excluding hydrogens is 246 g/mol. The van der Waals surface area contributed by atoms with Gasteiger partial charge < -0.3 is 4.90 Å². The van der Waals surface area contributed by atoms with Crippen LogP contribution in [-0.2, 0) is 6.42 Å². The molecule has 0 fully saturated rings. The van der Waals surface area contributed by atoms with Gasteiger partial charge in [-0.2, -0.15) is 0 Å². The van der Waals surface area contributed by atoms with Crippen molar-refractivity contribution >= 4 is 11.7 Å². The fraction of sp³-hybridized carbons (Fsp3) is 0.529. The second kappa shape index (κ2) is 6.69. The van der Waals surface area contributed by atoms with E-state index >= 15 is 0 Å². The Kier molecular flexibility index (Phi) is 4.94. The average molecular weight is 271 g/mol. The highest BCUT2D eigenvalue weighted by Crippen LogP contribution is 2.25. The van der Waals surface area contributed by atoms with Crippen LogP contribution >= 0.6 is 0 Å². The van der Waals surface area contributed by atoms with Gasteiger partial charge in [-0.05, 0) is 37.8 Å². The Morgan fingerprint density at radius 1 is 1.10 bits per heavy atom. The molecule has 1 unspecified atom stereocenters. The predicted molar refractivity (Wildman–Crippen MR) is 86.4 cm³/mol. The van der Waals surface area contributed by atoms with Gasteiger partial charge in [-0.25, -0.2) is 9.98 Å². The van der Waals surface area contributed by atoms with Crippen LogP contribution in [0, 0.1) is 0 Å². The zero-order valence-electron chi connectivity index (χ0n) is 13.1. The third kappa shape index (κ3) is 3.47. The van der Waals surface area contributed by atoms with Gasteiger partial charge in [-0.15, -0.1) is 0 Å². The third-order valence-corrected chi connectivity index (χ3v) is 3.86. The van der Waals surface area contributed by atoms with Crippen molar-refractivity contribution in [1.29, 1.82) is 0 Å². The van der Waals surface area contributed by atoms with Gasteiger partial charge in [0.05, 0.1) is 0 Å². The highest BCUT2D eigenvalue weighted by molar-refractivity contribution is 5.96. The van der Waals surface area contributed by atoms with Crippen LogP contribution in [0.3, 0.4) is 0 Å². The Hall–Kier alpha value is -1.64. The van der Waals surface area contributed by atoms with Gasteiger partial charge in [0, 0.05) is 7.05 Å². The molecule has 1 aliphatic heterocycles. The minimum absolute atomic E-state index is 0.0668. The minimum atomic E-state index is 0.0668. The van der Waals surface area contributed by atoms with Gasteiger partial charge in [0.1, 0.15) is 17.8 Å². The van der Waals surface area contributed by atoms with Crippen molar-refractivity contribution in [3.8, 4) is 0 Å². The molecule has 0 amide bonds. The molecule has 0 radical (unpaired) electrons. The zero-order valence-corrected chi connectivity index (χ0v) is 13.1. The number of benzene rings is 1. The van der Waals surface area contributed by atoms with Crippen molar-refractivity contribution in [3.05, 3.63) is 35.4 Å². The molecule has 1 atom stereocenters. The van der Waals surface area contributed by atoms with Gasteiger partial charge >= 0.3 is 0 Å². The lowest BCUT2D eigenvalue weighted by atomic mass is 10.0. The first-order valence-corrected chi connectivity index (χ1v) is 7.53. The van der Waals surface area contributed by atoms with E-state index < -0.39 is 0 Å². The Balaban J connectivity index is 2.08. The average Bonchev–Trinajstić information content (AvgIpc) is 2.44. The summed E-state index contributed by atoms with van der Waals surface area (Å²) < 4.78 is 0. The Bertz CT molecular complexity index is 499. The lowest BCUT2D eigenvalue weighted by Crippen LogP contribution is -2.32. The minimum Gasteiger partial charge on any atom is -0.338 e. The van der Waals surface area contributed by atoms with Crippen molar-refractivity contribution in [2.24, 2.45) is 9.98 Å². The third-order valence-electron chi connectivity index (χ3n) is 3.86. The van der Waals surface area contributed by atoms with Crippen LogP contribution in [0.4, 0.5) is 0 Å². The van der Waals surface area contributed by atoms with Crippen molar-refractivity contribution in [3.63, 3.8) is 0 Å². The van der Waals surface area contributed by atoms with E-state index in [2.05, 4.69) is 53.1 Å². The number of aliphatic imine (C=N–C) groups is 2. The van der Waals surface area contributed by atoms with Gasteiger partial charge in [-0.3, -0.25) is 0 Å². The first kappa shape index (κ1) is 14.8. The SMILES string of the molecule is CCCCCc1ccc(C2N=C(C)N=C(C)N2C)cc1. The largest absolute Gasteiger partial charge is 0.338 e. The van der Waals surface area contributed by atoms with Crippen LogP contribution in [-0.4, -0.2) is 23.6 Å². The van der Waals surface area contributed by atoms with E-state index in [-0.39, 0.29) is 6.17 Å². The Labute approximate surface area is 122 Å². The van der Waals surface area contributed by atoms with E-state index in [0.717, 1.165) is 11.7 Å². The summed E-state index contributed by atoms with van der Waals surface area (Å²) in [6.45, 7) is 6.24. The Morgan fingerprint density at radius 3 is 2.45 bits per heavy atom. The number of hydrogen-bond donors (Lipinski definition) is 0. The second-order valence-corrected chi connectivity index (χ2v) is 5.52. The van der Waals surface area contributed by atoms with E-state index in [9.17, 15) is 0 Å². The van der Waals surface area contributed by atoms with Crippen LogP contribution in [0.15, 0.2) is 34.3 Å². The summed E-state index contributed by atoms with van der Waals surface area (Å²) in [7, 11) is 2.05. The van der Waals surface area contributed by atoms with Gasteiger partial charge in [0.25, 0.3) is 0 Å². The molecule has 1 heterocycles. The molecule has 3 nitrogen and oxygen atoms in total. The summed E-state index contributed by atoms with van der Waals surface area (Å²) in [4.78, 5) is 11.2. The van der Waals surface area contributed by atoms with Crippen molar-refractivity contribution < 1.29 is 0 Å². The molecular formula is C17H25N3. The molecule has 1 aromatic rings. The maximum absolute atomic E-state index is 4.64. The zero-order chi connectivity index (χ0) is 14.5. The van der Waals surface area contributed by atoms with E-state index in [1.807, 2.05) is 13.8 Å². The molecule has 0 N–H and O–H groups in total. The quantitative estimate of drug-likeness (QED) is 0.738. The molecule has 1 aromatic carbocycles. The van der Waals surface area contributed by atoms with E-state index in [4.69, 9.17) is 0 Å². The summed E-state index contributed by atoms with van der Waals surface area (Å²) >= 11 is 0. The topological polar surface area (TPSA) is 28.0 Å². The molecule has 20 heavy (non-hydrogen) atoms. The molecule has 0 saturated heterocycles. The van der Waals surface area contributed by atoms with Gasteiger partial charge in [0.15, 0.2) is 0 Å².